The van der Waals surface area contributed by atoms with Crippen molar-refractivity contribution in [3.63, 3.8) is 0 Å². The van der Waals surface area contributed by atoms with E-state index < -0.39 is 0 Å². The summed E-state index contributed by atoms with van der Waals surface area (Å²) in [5.74, 6) is 0. The Morgan fingerprint density at radius 2 is 1.55 bits per heavy atom. The molecular formula is C9H20N2. The minimum atomic E-state index is 1.16. The quantitative estimate of drug-likeness (QED) is 0.528. The second-order valence-corrected chi connectivity index (χ2v) is 2.72. The largest absolute Gasteiger partial charge is 0.314 e. The fraction of sp³-hybridized carbons (Fsp3) is 0.778. The van der Waals surface area contributed by atoms with E-state index in [2.05, 4.69) is 17.3 Å². The van der Waals surface area contributed by atoms with Crippen LogP contribution in [0.5, 0.6) is 0 Å². The van der Waals surface area contributed by atoms with Crippen molar-refractivity contribution in [1.29, 1.82) is 0 Å². The molecule has 0 atom stereocenters. The maximum atomic E-state index is 3.27. The third-order valence-electron chi connectivity index (χ3n) is 1.67. The summed E-state index contributed by atoms with van der Waals surface area (Å²) in [5, 5.41) is 3.27. The van der Waals surface area contributed by atoms with E-state index in [1.807, 2.05) is 26.0 Å². The van der Waals surface area contributed by atoms with E-state index >= 15 is 0 Å². The zero-order chi connectivity index (χ0) is 8.53. The SMILES string of the molecule is C/C=C/C.CN1CCNCC1. The molecule has 0 amide bonds. The van der Waals surface area contributed by atoms with Gasteiger partial charge in [0.15, 0.2) is 0 Å². The van der Waals surface area contributed by atoms with Crippen molar-refractivity contribution in [2.45, 2.75) is 13.8 Å². The van der Waals surface area contributed by atoms with Crippen LogP contribution in [-0.4, -0.2) is 38.1 Å². The molecule has 1 aliphatic heterocycles. The van der Waals surface area contributed by atoms with Gasteiger partial charge >= 0.3 is 0 Å². The minimum absolute atomic E-state index is 1.16. The summed E-state index contributed by atoms with van der Waals surface area (Å²) in [7, 11) is 2.15. The third kappa shape index (κ3) is 7.56. The number of hydrogen-bond acceptors (Lipinski definition) is 2. The van der Waals surface area contributed by atoms with Crippen molar-refractivity contribution < 1.29 is 0 Å². The molecule has 1 saturated heterocycles. The zero-order valence-electron chi connectivity index (χ0n) is 7.93. The van der Waals surface area contributed by atoms with Crippen LogP contribution in [-0.2, 0) is 0 Å². The number of likely N-dealkylation sites (N-methyl/N-ethyl adjacent to an activating group) is 1. The third-order valence-corrected chi connectivity index (χ3v) is 1.67. The predicted molar refractivity (Wildman–Crippen MR) is 50.9 cm³/mol. The maximum absolute atomic E-state index is 3.27. The van der Waals surface area contributed by atoms with Crippen LogP contribution < -0.4 is 5.32 Å². The van der Waals surface area contributed by atoms with Crippen LogP contribution in [0.2, 0.25) is 0 Å². The molecule has 0 aromatic carbocycles. The molecule has 0 saturated carbocycles. The summed E-state index contributed by atoms with van der Waals surface area (Å²) < 4.78 is 0. The summed E-state index contributed by atoms with van der Waals surface area (Å²) in [4.78, 5) is 2.33. The summed E-state index contributed by atoms with van der Waals surface area (Å²) in [5.41, 5.74) is 0. The van der Waals surface area contributed by atoms with Crippen LogP contribution in [0.1, 0.15) is 13.8 Å². The van der Waals surface area contributed by atoms with Crippen LogP contribution in [0.4, 0.5) is 0 Å². The van der Waals surface area contributed by atoms with Crippen LogP contribution in [0, 0.1) is 0 Å². The summed E-state index contributed by atoms with van der Waals surface area (Å²) in [6.07, 6.45) is 4.00. The van der Waals surface area contributed by atoms with Gasteiger partial charge in [0.25, 0.3) is 0 Å². The van der Waals surface area contributed by atoms with Crippen LogP contribution in [0.3, 0.4) is 0 Å². The number of nitrogens with one attached hydrogen (secondary N) is 1. The molecular weight excluding hydrogens is 136 g/mol. The average molecular weight is 156 g/mol. The lowest BCUT2D eigenvalue weighted by Crippen LogP contribution is -2.40. The molecule has 0 aliphatic carbocycles. The van der Waals surface area contributed by atoms with Crippen molar-refractivity contribution >= 4 is 0 Å². The second kappa shape index (κ2) is 7.76. The first kappa shape index (κ1) is 10.7. The van der Waals surface area contributed by atoms with Crippen LogP contribution >= 0.6 is 0 Å². The normalized spacial score (nSPS) is 19.5. The van der Waals surface area contributed by atoms with E-state index in [0.29, 0.717) is 0 Å². The topological polar surface area (TPSA) is 15.3 Å². The van der Waals surface area contributed by atoms with Gasteiger partial charge in [-0.2, -0.15) is 0 Å². The predicted octanol–water partition coefficient (Wildman–Crippen LogP) is 1.10. The van der Waals surface area contributed by atoms with E-state index in [0.717, 1.165) is 13.1 Å². The highest BCUT2D eigenvalue weighted by Gasteiger charge is 2.01. The first-order valence-corrected chi connectivity index (χ1v) is 4.27. The van der Waals surface area contributed by atoms with E-state index in [1.165, 1.54) is 13.1 Å². The molecule has 1 fully saturated rings. The number of allylic oxidation sites excluding steroid dienone is 2. The fourth-order valence-corrected chi connectivity index (χ4v) is 0.777. The van der Waals surface area contributed by atoms with Gasteiger partial charge in [0.2, 0.25) is 0 Å². The molecule has 0 spiro atoms. The molecule has 0 bridgehead atoms. The molecule has 0 unspecified atom stereocenters. The van der Waals surface area contributed by atoms with Gasteiger partial charge in [-0.3, -0.25) is 0 Å². The molecule has 66 valence electrons. The maximum Gasteiger partial charge on any atom is 0.0104 e. The van der Waals surface area contributed by atoms with Gasteiger partial charge in [-0.1, -0.05) is 12.2 Å². The van der Waals surface area contributed by atoms with Gasteiger partial charge in [0, 0.05) is 26.2 Å². The molecule has 1 heterocycles. The van der Waals surface area contributed by atoms with Crippen molar-refractivity contribution in [1.82, 2.24) is 10.2 Å². The lowest BCUT2D eigenvalue weighted by molar-refractivity contribution is 0.291. The Morgan fingerprint density at radius 1 is 1.09 bits per heavy atom. The smallest absolute Gasteiger partial charge is 0.0104 e. The molecule has 0 radical (unpaired) electrons. The Bertz CT molecular complexity index is 89.7. The fourth-order valence-electron chi connectivity index (χ4n) is 0.777. The molecule has 11 heavy (non-hydrogen) atoms. The minimum Gasteiger partial charge on any atom is -0.314 e. The average Bonchev–Trinajstić information content (AvgIpc) is 2.07. The Hall–Kier alpha value is -0.340. The molecule has 1 aliphatic rings. The highest BCUT2D eigenvalue weighted by Crippen LogP contribution is 1.83. The van der Waals surface area contributed by atoms with Crippen molar-refractivity contribution in [2.75, 3.05) is 33.2 Å². The summed E-state index contributed by atoms with van der Waals surface area (Å²) in [6, 6.07) is 0. The van der Waals surface area contributed by atoms with Crippen LogP contribution in [0.15, 0.2) is 12.2 Å². The van der Waals surface area contributed by atoms with E-state index in [-0.39, 0.29) is 0 Å². The number of rotatable bonds is 0. The second-order valence-electron chi connectivity index (χ2n) is 2.72. The molecule has 2 nitrogen and oxygen atoms in total. The van der Waals surface area contributed by atoms with Gasteiger partial charge in [0.1, 0.15) is 0 Å². The highest BCUT2D eigenvalue weighted by molar-refractivity contribution is 4.68. The number of piperazine rings is 1. The lowest BCUT2D eigenvalue weighted by atomic mass is 10.4. The van der Waals surface area contributed by atoms with E-state index in [9.17, 15) is 0 Å². The van der Waals surface area contributed by atoms with Gasteiger partial charge < -0.3 is 10.2 Å². The molecule has 1 rings (SSSR count). The molecule has 2 heteroatoms. The Labute approximate surface area is 70.3 Å². The molecule has 0 aromatic rings. The highest BCUT2D eigenvalue weighted by atomic mass is 15.2. The van der Waals surface area contributed by atoms with Gasteiger partial charge in [0.05, 0.1) is 0 Å². The van der Waals surface area contributed by atoms with Crippen molar-refractivity contribution in [3.8, 4) is 0 Å². The number of hydrogen-bond donors (Lipinski definition) is 1. The molecule has 0 aromatic heterocycles. The van der Waals surface area contributed by atoms with Gasteiger partial charge in [-0.15, -0.1) is 0 Å². The standard InChI is InChI=1S/C5H12N2.C4H8/c1-7-4-2-6-3-5-7;1-3-4-2/h6H,2-5H2,1H3;3-4H,1-2H3/b;4-3+. The Balaban J connectivity index is 0.000000218. The van der Waals surface area contributed by atoms with E-state index in [4.69, 9.17) is 0 Å². The number of nitrogens with zero attached hydrogens (tertiary/aromatic N) is 1. The van der Waals surface area contributed by atoms with Crippen molar-refractivity contribution in [3.05, 3.63) is 12.2 Å². The summed E-state index contributed by atoms with van der Waals surface area (Å²) >= 11 is 0. The zero-order valence-corrected chi connectivity index (χ0v) is 7.93. The van der Waals surface area contributed by atoms with Gasteiger partial charge in [-0.25, -0.2) is 0 Å². The first-order chi connectivity index (χ1) is 5.31. The Kier molecular flexibility index (Phi) is 7.52. The molecule has 1 N–H and O–H groups in total. The lowest BCUT2D eigenvalue weighted by Gasteiger charge is -2.21. The van der Waals surface area contributed by atoms with E-state index in [1.54, 1.807) is 0 Å². The van der Waals surface area contributed by atoms with Crippen LogP contribution in [0.25, 0.3) is 0 Å². The monoisotopic (exact) mass is 156 g/mol. The Morgan fingerprint density at radius 3 is 1.73 bits per heavy atom. The van der Waals surface area contributed by atoms with Crippen molar-refractivity contribution in [2.24, 2.45) is 0 Å². The van der Waals surface area contributed by atoms with Gasteiger partial charge in [-0.05, 0) is 20.9 Å². The first-order valence-electron chi connectivity index (χ1n) is 4.27. The summed E-state index contributed by atoms with van der Waals surface area (Å²) in [6.45, 7) is 8.74.